The molecule has 0 bridgehead atoms. The SMILES string of the molecule is CCCCC1(NC#N)CCCCC1. The fourth-order valence-electron chi connectivity index (χ4n) is 2.30. The Kier molecular flexibility index (Phi) is 4.08. The first-order chi connectivity index (χ1) is 6.33. The highest BCUT2D eigenvalue weighted by Crippen LogP contribution is 2.32. The molecule has 0 unspecified atom stereocenters. The molecule has 0 saturated heterocycles. The molecule has 1 aliphatic carbocycles. The van der Waals surface area contributed by atoms with Crippen LogP contribution in [0.3, 0.4) is 0 Å². The number of nitriles is 1. The fourth-order valence-corrected chi connectivity index (χ4v) is 2.30. The highest BCUT2D eigenvalue weighted by molar-refractivity contribution is 4.94. The van der Waals surface area contributed by atoms with Crippen molar-refractivity contribution in [1.82, 2.24) is 5.32 Å². The summed E-state index contributed by atoms with van der Waals surface area (Å²) in [5.41, 5.74) is 0.170. The molecule has 0 aromatic rings. The summed E-state index contributed by atoms with van der Waals surface area (Å²) in [6.07, 6.45) is 12.1. The van der Waals surface area contributed by atoms with E-state index in [9.17, 15) is 0 Å². The zero-order valence-corrected chi connectivity index (χ0v) is 8.60. The maximum Gasteiger partial charge on any atom is 0.177 e. The lowest BCUT2D eigenvalue weighted by molar-refractivity contribution is 0.237. The fraction of sp³-hybridized carbons (Fsp3) is 0.909. The van der Waals surface area contributed by atoms with Crippen molar-refractivity contribution in [3.63, 3.8) is 0 Å². The number of nitrogens with one attached hydrogen (secondary N) is 1. The highest BCUT2D eigenvalue weighted by atomic mass is 15.0. The van der Waals surface area contributed by atoms with Crippen LogP contribution in [0.4, 0.5) is 0 Å². The third-order valence-electron chi connectivity index (χ3n) is 3.14. The quantitative estimate of drug-likeness (QED) is 0.533. The molecule has 0 aromatic heterocycles. The van der Waals surface area contributed by atoms with Gasteiger partial charge in [-0.05, 0) is 19.3 Å². The van der Waals surface area contributed by atoms with Gasteiger partial charge in [-0.2, -0.15) is 5.26 Å². The topological polar surface area (TPSA) is 35.8 Å². The summed E-state index contributed by atoms with van der Waals surface area (Å²) in [5.74, 6) is 0. The first kappa shape index (κ1) is 10.4. The molecule has 1 saturated carbocycles. The minimum absolute atomic E-state index is 0.170. The van der Waals surface area contributed by atoms with Gasteiger partial charge in [0.05, 0.1) is 0 Å². The molecule has 0 radical (unpaired) electrons. The smallest absolute Gasteiger partial charge is 0.177 e. The highest BCUT2D eigenvalue weighted by Gasteiger charge is 2.30. The lowest BCUT2D eigenvalue weighted by Gasteiger charge is -2.36. The number of unbranched alkanes of at least 4 members (excludes halogenated alkanes) is 1. The summed E-state index contributed by atoms with van der Waals surface area (Å²) >= 11 is 0. The molecule has 0 heterocycles. The van der Waals surface area contributed by atoms with Crippen LogP contribution in [-0.2, 0) is 0 Å². The maximum atomic E-state index is 8.72. The van der Waals surface area contributed by atoms with Gasteiger partial charge in [0.25, 0.3) is 0 Å². The van der Waals surface area contributed by atoms with Gasteiger partial charge in [-0.1, -0.05) is 39.0 Å². The Morgan fingerprint density at radius 2 is 2.00 bits per heavy atom. The average Bonchev–Trinajstić information content (AvgIpc) is 2.17. The average molecular weight is 180 g/mol. The van der Waals surface area contributed by atoms with Crippen LogP contribution in [0.2, 0.25) is 0 Å². The minimum Gasteiger partial charge on any atom is -0.318 e. The summed E-state index contributed by atoms with van der Waals surface area (Å²) in [7, 11) is 0. The number of hydrogen-bond donors (Lipinski definition) is 1. The molecule has 1 aliphatic rings. The third-order valence-corrected chi connectivity index (χ3v) is 3.14. The van der Waals surface area contributed by atoms with Crippen LogP contribution < -0.4 is 5.32 Å². The predicted octanol–water partition coefficient (Wildman–Crippen LogP) is 2.95. The maximum absolute atomic E-state index is 8.72. The Morgan fingerprint density at radius 3 is 2.54 bits per heavy atom. The Morgan fingerprint density at radius 1 is 1.31 bits per heavy atom. The van der Waals surface area contributed by atoms with Crippen molar-refractivity contribution in [3.05, 3.63) is 0 Å². The minimum atomic E-state index is 0.170. The third kappa shape index (κ3) is 2.91. The van der Waals surface area contributed by atoms with Gasteiger partial charge in [-0.25, -0.2) is 0 Å². The van der Waals surface area contributed by atoms with Gasteiger partial charge < -0.3 is 5.32 Å². The predicted molar refractivity (Wildman–Crippen MR) is 54.1 cm³/mol. The van der Waals surface area contributed by atoms with Gasteiger partial charge >= 0.3 is 0 Å². The normalized spacial score (nSPS) is 20.6. The van der Waals surface area contributed by atoms with E-state index in [0.29, 0.717) is 0 Å². The molecule has 2 nitrogen and oxygen atoms in total. The van der Waals surface area contributed by atoms with Gasteiger partial charge in [0, 0.05) is 5.54 Å². The Labute approximate surface area is 81.3 Å². The van der Waals surface area contributed by atoms with E-state index in [4.69, 9.17) is 5.26 Å². The van der Waals surface area contributed by atoms with E-state index in [0.717, 1.165) is 0 Å². The van der Waals surface area contributed by atoms with Crippen LogP contribution >= 0.6 is 0 Å². The zero-order chi connectivity index (χ0) is 9.57. The van der Waals surface area contributed by atoms with E-state index in [1.807, 2.05) is 0 Å². The Balaban J connectivity index is 2.46. The lowest BCUT2D eigenvalue weighted by atomic mass is 9.78. The van der Waals surface area contributed by atoms with Gasteiger partial charge in [0.1, 0.15) is 0 Å². The molecule has 0 aliphatic heterocycles. The second-order valence-electron chi connectivity index (χ2n) is 4.18. The van der Waals surface area contributed by atoms with Crippen molar-refractivity contribution in [2.24, 2.45) is 0 Å². The Bertz CT molecular complexity index is 175. The van der Waals surface area contributed by atoms with Crippen molar-refractivity contribution < 1.29 is 0 Å². The molecule has 1 N–H and O–H groups in total. The summed E-state index contributed by atoms with van der Waals surface area (Å²) in [4.78, 5) is 0. The molecule has 0 atom stereocenters. The monoisotopic (exact) mass is 180 g/mol. The van der Waals surface area contributed by atoms with Crippen molar-refractivity contribution in [2.45, 2.75) is 63.8 Å². The van der Waals surface area contributed by atoms with Crippen molar-refractivity contribution in [2.75, 3.05) is 0 Å². The molecule has 2 heteroatoms. The molecule has 13 heavy (non-hydrogen) atoms. The van der Waals surface area contributed by atoms with Crippen LogP contribution in [-0.4, -0.2) is 5.54 Å². The van der Waals surface area contributed by atoms with Gasteiger partial charge in [-0.3, -0.25) is 0 Å². The standard InChI is InChI=1S/C11H20N2/c1-2-3-7-11(13-10-12)8-5-4-6-9-11/h13H,2-9H2,1H3. The summed E-state index contributed by atoms with van der Waals surface area (Å²) in [5, 5.41) is 11.8. The van der Waals surface area contributed by atoms with E-state index in [2.05, 4.69) is 18.4 Å². The van der Waals surface area contributed by atoms with Crippen LogP contribution in [0.1, 0.15) is 58.3 Å². The van der Waals surface area contributed by atoms with E-state index >= 15 is 0 Å². The van der Waals surface area contributed by atoms with Crippen molar-refractivity contribution in [1.29, 1.82) is 5.26 Å². The van der Waals surface area contributed by atoms with Gasteiger partial charge in [0.2, 0.25) is 0 Å². The number of nitrogens with zero attached hydrogens (tertiary/aromatic N) is 1. The first-order valence-corrected chi connectivity index (χ1v) is 5.49. The summed E-state index contributed by atoms with van der Waals surface area (Å²) < 4.78 is 0. The molecular weight excluding hydrogens is 160 g/mol. The van der Waals surface area contributed by atoms with Crippen molar-refractivity contribution >= 4 is 0 Å². The van der Waals surface area contributed by atoms with Crippen LogP contribution in [0.15, 0.2) is 0 Å². The summed E-state index contributed by atoms with van der Waals surface area (Å²) in [6.45, 7) is 2.21. The second kappa shape index (κ2) is 5.11. The van der Waals surface area contributed by atoms with Crippen LogP contribution in [0, 0.1) is 11.5 Å². The van der Waals surface area contributed by atoms with E-state index < -0.39 is 0 Å². The number of rotatable bonds is 4. The van der Waals surface area contributed by atoms with E-state index in [-0.39, 0.29) is 5.54 Å². The number of hydrogen-bond acceptors (Lipinski definition) is 2. The molecule has 1 fully saturated rings. The molecule has 1 rings (SSSR count). The molecular formula is C11H20N2. The van der Waals surface area contributed by atoms with Gasteiger partial charge in [-0.15, -0.1) is 0 Å². The van der Waals surface area contributed by atoms with Crippen LogP contribution in [0.25, 0.3) is 0 Å². The molecule has 0 amide bonds. The molecule has 0 spiro atoms. The van der Waals surface area contributed by atoms with E-state index in [1.165, 1.54) is 51.4 Å². The molecule has 74 valence electrons. The second-order valence-corrected chi connectivity index (χ2v) is 4.18. The summed E-state index contributed by atoms with van der Waals surface area (Å²) in [6, 6.07) is 0. The lowest BCUT2D eigenvalue weighted by Crippen LogP contribution is -2.44. The zero-order valence-electron chi connectivity index (χ0n) is 8.60. The van der Waals surface area contributed by atoms with E-state index in [1.54, 1.807) is 0 Å². The Hall–Kier alpha value is -0.710. The van der Waals surface area contributed by atoms with Crippen LogP contribution in [0.5, 0.6) is 0 Å². The molecule has 0 aromatic carbocycles. The largest absolute Gasteiger partial charge is 0.318 e. The first-order valence-electron chi connectivity index (χ1n) is 5.49. The van der Waals surface area contributed by atoms with Crippen molar-refractivity contribution in [3.8, 4) is 6.19 Å². The van der Waals surface area contributed by atoms with Gasteiger partial charge in [0.15, 0.2) is 6.19 Å².